The number of rotatable bonds is 7. The van der Waals surface area contributed by atoms with Gasteiger partial charge in [-0.2, -0.15) is 4.31 Å². The van der Waals surface area contributed by atoms with Gasteiger partial charge in [-0.25, -0.2) is 17.9 Å². The van der Waals surface area contributed by atoms with Crippen molar-refractivity contribution in [3.05, 3.63) is 59.3 Å². The number of oxazole rings is 1. The van der Waals surface area contributed by atoms with Gasteiger partial charge in [0.05, 0.1) is 16.1 Å². The van der Waals surface area contributed by atoms with Crippen molar-refractivity contribution in [3.8, 4) is 5.69 Å². The lowest BCUT2D eigenvalue weighted by atomic mass is 10.2. The van der Waals surface area contributed by atoms with Crippen molar-refractivity contribution in [3.63, 3.8) is 0 Å². The number of benzene rings is 2. The maximum atomic E-state index is 12.8. The molecule has 0 atom stereocenters. The second kappa shape index (κ2) is 8.83. The fourth-order valence-corrected chi connectivity index (χ4v) is 5.44. The molecule has 3 heterocycles. The third kappa shape index (κ3) is 4.22. The van der Waals surface area contributed by atoms with Crippen LogP contribution in [0.15, 0.2) is 62.9 Å². The van der Waals surface area contributed by atoms with Crippen molar-refractivity contribution in [1.29, 1.82) is 0 Å². The highest BCUT2D eigenvalue weighted by Gasteiger charge is 2.28. The van der Waals surface area contributed by atoms with E-state index in [-0.39, 0.29) is 29.4 Å². The first kappa shape index (κ1) is 22.0. The Kier molecular flexibility index (Phi) is 5.71. The summed E-state index contributed by atoms with van der Waals surface area (Å²) in [6.45, 7) is 1.06. The summed E-state index contributed by atoms with van der Waals surface area (Å²) in [6, 6.07) is 11.3. The van der Waals surface area contributed by atoms with Crippen molar-refractivity contribution in [2.75, 3.05) is 18.4 Å². The average Bonchev–Trinajstić information content (AvgIpc) is 3.59. The zero-order valence-electron chi connectivity index (χ0n) is 18.0. The summed E-state index contributed by atoms with van der Waals surface area (Å²) in [5.41, 5.74) is 1.93. The molecule has 4 aromatic rings. The molecule has 1 aliphatic rings. The molecule has 1 fully saturated rings. The van der Waals surface area contributed by atoms with Gasteiger partial charge in [-0.1, -0.05) is 0 Å². The van der Waals surface area contributed by atoms with Gasteiger partial charge in [-0.3, -0.25) is 9.36 Å². The Bertz CT molecular complexity index is 1480. The highest BCUT2D eigenvalue weighted by molar-refractivity contribution is 7.89. The van der Waals surface area contributed by atoms with Gasteiger partial charge in [0.25, 0.3) is 0 Å². The number of tetrazole rings is 1. The van der Waals surface area contributed by atoms with E-state index in [4.69, 9.17) is 4.42 Å². The van der Waals surface area contributed by atoms with Crippen LogP contribution in [0.2, 0.25) is 0 Å². The molecule has 0 spiro atoms. The zero-order valence-corrected chi connectivity index (χ0v) is 18.8. The van der Waals surface area contributed by atoms with E-state index in [1.54, 1.807) is 30.3 Å². The van der Waals surface area contributed by atoms with E-state index >= 15 is 0 Å². The van der Waals surface area contributed by atoms with Crippen molar-refractivity contribution in [2.45, 2.75) is 30.7 Å². The second-order valence-corrected chi connectivity index (χ2v) is 9.80. The molecule has 34 heavy (non-hydrogen) atoms. The molecule has 176 valence electrons. The van der Waals surface area contributed by atoms with Crippen LogP contribution in [0.3, 0.4) is 0 Å². The van der Waals surface area contributed by atoms with E-state index in [9.17, 15) is 18.0 Å². The molecule has 1 amide bonds. The number of hydrogen-bond donors (Lipinski definition) is 1. The van der Waals surface area contributed by atoms with Crippen molar-refractivity contribution in [1.82, 2.24) is 29.1 Å². The molecule has 0 radical (unpaired) electrons. The zero-order chi connectivity index (χ0) is 23.7. The van der Waals surface area contributed by atoms with Gasteiger partial charge in [0.1, 0.15) is 6.33 Å². The minimum Gasteiger partial charge on any atom is -0.408 e. The van der Waals surface area contributed by atoms with Gasteiger partial charge < -0.3 is 9.73 Å². The van der Waals surface area contributed by atoms with Crippen LogP contribution in [0.25, 0.3) is 16.8 Å². The summed E-state index contributed by atoms with van der Waals surface area (Å²) in [4.78, 5) is 24.9. The first-order valence-electron chi connectivity index (χ1n) is 10.7. The Hall–Kier alpha value is -3.84. The summed E-state index contributed by atoms with van der Waals surface area (Å²) >= 11 is 0. The van der Waals surface area contributed by atoms with Crippen molar-refractivity contribution in [2.24, 2.45) is 0 Å². The highest BCUT2D eigenvalue weighted by atomic mass is 32.2. The van der Waals surface area contributed by atoms with Gasteiger partial charge in [0.2, 0.25) is 15.9 Å². The molecule has 1 saturated heterocycles. The SMILES string of the molecule is O=C(CCn1c(=O)oc2cc(S(=O)(=O)N3CCCC3)ccc21)Nc1ccc(-n2cnnn2)cc1. The van der Waals surface area contributed by atoms with E-state index in [0.29, 0.717) is 24.3 Å². The molecule has 1 N–H and O–H groups in total. The minimum absolute atomic E-state index is 0.0249. The fraction of sp³-hybridized carbons (Fsp3) is 0.286. The molecule has 5 rings (SSSR count). The number of nitrogens with one attached hydrogen (secondary N) is 1. The average molecular weight is 484 g/mol. The van der Waals surface area contributed by atoms with E-state index in [0.717, 1.165) is 18.5 Å². The lowest BCUT2D eigenvalue weighted by Gasteiger charge is -2.15. The van der Waals surface area contributed by atoms with Crippen molar-refractivity contribution >= 4 is 32.7 Å². The molecular formula is C21H21N7O5S. The Balaban J connectivity index is 1.27. The van der Waals surface area contributed by atoms with E-state index in [1.165, 1.54) is 32.0 Å². The van der Waals surface area contributed by atoms with Crippen LogP contribution in [0.5, 0.6) is 0 Å². The summed E-state index contributed by atoms with van der Waals surface area (Å²) in [5, 5.41) is 13.7. The smallest absolute Gasteiger partial charge is 0.408 e. The molecular weight excluding hydrogens is 462 g/mol. The Morgan fingerprint density at radius 3 is 2.56 bits per heavy atom. The van der Waals surface area contributed by atoms with Crippen LogP contribution in [0, 0.1) is 0 Å². The van der Waals surface area contributed by atoms with E-state index in [1.807, 2.05) is 0 Å². The highest BCUT2D eigenvalue weighted by Crippen LogP contribution is 2.24. The van der Waals surface area contributed by atoms with Crippen molar-refractivity contribution < 1.29 is 17.6 Å². The number of carbonyl (C=O) groups is 1. The predicted molar refractivity (Wildman–Crippen MR) is 121 cm³/mol. The van der Waals surface area contributed by atoms with E-state index in [2.05, 4.69) is 20.8 Å². The first-order chi connectivity index (χ1) is 16.4. The molecule has 0 saturated carbocycles. The Morgan fingerprint density at radius 2 is 1.85 bits per heavy atom. The molecule has 2 aromatic heterocycles. The van der Waals surface area contributed by atoms with Gasteiger partial charge in [-0.15, -0.1) is 5.10 Å². The molecule has 0 bridgehead atoms. The third-order valence-corrected chi connectivity index (χ3v) is 7.56. The number of fused-ring (bicyclic) bond motifs is 1. The van der Waals surface area contributed by atoms with Crippen LogP contribution >= 0.6 is 0 Å². The van der Waals surface area contributed by atoms with Crippen LogP contribution in [-0.4, -0.2) is 56.5 Å². The lowest BCUT2D eigenvalue weighted by molar-refractivity contribution is -0.116. The Labute approximate surface area is 193 Å². The van der Waals surface area contributed by atoms with Crippen LogP contribution < -0.4 is 11.1 Å². The molecule has 13 heteroatoms. The van der Waals surface area contributed by atoms with Crippen LogP contribution in [0.4, 0.5) is 5.69 Å². The summed E-state index contributed by atoms with van der Waals surface area (Å²) in [5.74, 6) is -0.936. The molecule has 1 aliphatic heterocycles. The third-order valence-electron chi connectivity index (χ3n) is 5.67. The molecule has 12 nitrogen and oxygen atoms in total. The van der Waals surface area contributed by atoms with Crippen LogP contribution in [-0.2, 0) is 21.4 Å². The topological polar surface area (TPSA) is 145 Å². The number of hydrogen-bond acceptors (Lipinski definition) is 8. The quantitative estimate of drug-likeness (QED) is 0.415. The number of sulfonamides is 1. The van der Waals surface area contributed by atoms with E-state index < -0.39 is 15.8 Å². The monoisotopic (exact) mass is 483 g/mol. The summed E-state index contributed by atoms with van der Waals surface area (Å²) in [6.07, 6.45) is 3.15. The number of aromatic nitrogens is 5. The number of aryl methyl sites for hydroxylation is 1. The minimum atomic E-state index is -3.63. The van der Waals surface area contributed by atoms with Gasteiger partial charge in [0.15, 0.2) is 5.58 Å². The fourth-order valence-electron chi connectivity index (χ4n) is 3.91. The second-order valence-electron chi connectivity index (χ2n) is 7.86. The molecule has 0 aliphatic carbocycles. The van der Waals surface area contributed by atoms with Gasteiger partial charge in [0, 0.05) is 37.8 Å². The van der Waals surface area contributed by atoms with Gasteiger partial charge in [-0.05, 0) is 59.7 Å². The Morgan fingerprint density at radius 1 is 1.09 bits per heavy atom. The number of nitrogens with zero attached hydrogens (tertiary/aromatic N) is 6. The standard InChI is InChI=1S/C21H21N7O5S/c29-20(23-15-3-5-16(6-4-15)28-14-22-24-25-28)9-12-27-18-8-7-17(13-19(18)33-21(27)30)34(31,32)26-10-1-2-11-26/h3-8,13-14H,1-2,9-12H2,(H,23,29). The summed E-state index contributed by atoms with van der Waals surface area (Å²) in [7, 11) is -3.63. The van der Waals surface area contributed by atoms with Crippen LogP contribution in [0.1, 0.15) is 19.3 Å². The number of carbonyl (C=O) groups excluding carboxylic acids is 1. The lowest BCUT2D eigenvalue weighted by Crippen LogP contribution is -2.27. The molecule has 0 unspecified atom stereocenters. The number of amides is 1. The predicted octanol–water partition coefficient (Wildman–Crippen LogP) is 1.38. The molecule has 2 aromatic carbocycles. The first-order valence-corrected chi connectivity index (χ1v) is 12.1. The largest absolute Gasteiger partial charge is 0.419 e. The maximum Gasteiger partial charge on any atom is 0.419 e. The normalized spacial score (nSPS) is 14.6. The number of anilines is 1. The van der Waals surface area contributed by atoms with Gasteiger partial charge >= 0.3 is 5.76 Å². The maximum absolute atomic E-state index is 12.8. The summed E-state index contributed by atoms with van der Waals surface area (Å²) < 4.78 is 35.1.